The van der Waals surface area contributed by atoms with Crippen molar-refractivity contribution >= 4 is 47.8 Å². The highest BCUT2D eigenvalue weighted by Crippen LogP contribution is 2.41. The van der Waals surface area contributed by atoms with Crippen LogP contribution < -0.4 is 0 Å². The number of hydrogen-bond acceptors (Lipinski definition) is 19. The van der Waals surface area contributed by atoms with Gasteiger partial charge in [-0.3, -0.25) is 38.4 Å². The van der Waals surface area contributed by atoms with Crippen LogP contribution in [0.4, 0.5) is 0 Å². The fourth-order valence-electron chi connectivity index (χ4n) is 4.76. The van der Waals surface area contributed by atoms with E-state index in [1.54, 1.807) is 0 Å². The second-order valence-corrected chi connectivity index (χ2v) is 10.3. The zero-order valence-corrected chi connectivity index (χ0v) is 27.0. The average Bonchev–Trinajstić information content (AvgIpc) is 3.18. The highest BCUT2D eigenvalue weighted by molar-refractivity contribution is 5.69. The molecule has 2 saturated heterocycles. The Morgan fingerprint density at radius 1 is 0.489 bits per heavy atom. The van der Waals surface area contributed by atoms with Gasteiger partial charge in [-0.05, 0) is 0 Å². The lowest BCUT2D eigenvalue weighted by Gasteiger charge is -2.46. The van der Waals surface area contributed by atoms with Crippen molar-refractivity contribution in [2.45, 2.75) is 110 Å². The Morgan fingerprint density at radius 3 is 1.38 bits per heavy atom. The summed E-state index contributed by atoms with van der Waals surface area (Å²) in [6.45, 7) is 6.12. The molecule has 0 aromatic heterocycles. The van der Waals surface area contributed by atoms with E-state index in [0.717, 1.165) is 55.4 Å². The van der Waals surface area contributed by atoms with E-state index < -0.39 is 122 Å². The third-order valence-corrected chi connectivity index (χ3v) is 6.24. The zero-order valence-electron chi connectivity index (χ0n) is 27.0. The number of rotatable bonds is 13. The molecule has 0 aromatic carbocycles. The summed E-state index contributed by atoms with van der Waals surface area (Å²) in [7, 11) is 0. The Labute approximate surface area is 268 Å². The molecular weight excluding hydrogens is 640 g/mol. The molecule has 0 aromatic rings. The lowest BCUT2D eigenvalue weighted by atomic mass is 9.97. The molecule has 9 atom stereocenters. The van der Waals surface area contributed by atoms with Crippen molar-refractivity contribution in [3.05, 3.63) is 0 Å². The van der Waals surface area contributed by atoms with Gasteiger partial charge < -0.3 is 52.1 Å². The van der Waals surface area contributed by atoms with E-state index in [0.29, 0.717) is 0 Å². The van der Waals surface area contributed by atoms with Gasteiger partial charge in [0.1, 0.15) is 32.0 Å². The maximum atomic E-state index is 12.3. The minimum absolute atomic E-state index is 0.588. The van der Waals surface area contributed by atoms with Crippen LogP contribution in [0.2, 0.25) is 0 Å². The second-order valence-electron chi connectivity index (χ2n) is 10.3. The molecule has 0 spiro atoms. The minimum atomic E-state index is -2.48. The Bertz CT molecular complexity index is 1210. The molecular formula is C28H38O19. The second kappa shape index (κ2) is 17.0. The van der Waals surface area contributed by atoms with E-state index in [9.17, 15) is 38.4 Å². The van der Waals surface area contributed by atoms with Crippen molar-refractivity contribution in [3.63, 3.8) is 0 Å². The standard InChI is InChI=1S/C28H38O19/c1-12(29)37-9-20-22(40-15(4)32)24(42-17(6)34)25(43-18(7)35)27(45-20)47-28(11-39-14(3)31)26(44-19(8)36)23(41-16(5)33)21(46-28)10-38-13(2)30/h20-27H,9-11H2,1-8H3/t20-,21-,22-,23+,24-,25-,26+,27-,28+/m0/s1. The van der Waals surface area contributed by atoms with E-state index >= 15 is 0 Å². The third-order valence-electron chi connectivity index (χ3n) is 6.24. The first-order valence-corrected chi connectivity index (χ1v) is 14.1. The number of ether oxygens (including phenoxy) is 11. The number of hydrogen-bond donors (Lipinski definition) is 0. The van der Waals surface area contributed by atoms with Crippen molar-refractivity contribution in [2.75, 3.05) is 19.8 Å². The number of esters is 8. The summed E-state index contributed by atoms with van der Waals surface area (Å²) >= 11 is 0. The Balaban J connectivity index is 2.78. The third kappa shape index (κ3) is 11.4. The molecule has 0 aliphatic carbocycles. The summed E-state index contributed by atoms with van der Waals surface area (Å²) in [6.07, 6.45) is -13.2. The summed E-state index contributed by atoms with van der Waals surface area (Å²) in [5.74, 6) is -9.54. The highest BCUT2D eigenvalue weighted by Gasteiger charge is 2.65. The van der Waals surface area contributed by atoms with Gasteiger partial charge in [-0.15, -0.1) is 0 Å². The largest absolute Gasteiger partial charge is 0.463 e. The smallest absolute Gasteiger partial charge is 0.303 e. The van der Waals surface area contributed by atoms with Crippen molar-refractivity contribution in [3.8, 4) is 0 Å². The predicted molar refractivity (Wildman–Crippen MR) is 145 cm³/mol. The predicted octanol–water partition coefficient (Wildman–Crippen LogP) is -0.829. The van der Waals surface area contributed by atoms with Gasteiger partial charge in [0.15, 0.2) is 30.5 Å². The fraction of sp³-hybridized carbons (Fsp3) is 0.714. The Kier molecular flexibility index (Phi) is 14.0. The lowest BCUT2D eigenvalue weighted by molar-refractivity contribution is -0.384. The molecule has 0 bridgehead atoms. The molecule has 47 heavy (non-hydrogen) atoms. The summed E-state index contributed by atoms with van der Waals surface area (Å²) < 4.78 is 60.5. The number of carbonyl (C=O) groups excluding carboxylic acids is 8. The maximum absolute atomic E-state index is 12.3. The van der Waals surface area contributed by atoms with E-state index in [-0.39, 0.29) is 0 Å². The molecule has 0 unspecified atom stereocenters. The SMILES string of the molecule is CC(=O)OC[C@@H]1O[C@@H](O[C@@]2(COC(C)=O)O[C@@H](COC(C)=O)[C@@H](OC(C)=O)[C@H]2OC(C)=O)[C@@H](OC(C)=O)[C@@H](OC(C)=O)[C@H]1OC(C)=O. The van der Waals surface area contributed by atoms with Crippen LogP contribution in [0.3, 0.4) is 0 Å². The molecule has 0 saturated carbocycles. The lowest BCUT2D eigenvalue weighted by Crippen LogP contribution is -2.65. The van der Waals surface area contributed by atoms with Crippen LogP contribution in [0.1, 0.15) is 55.4 Å². The van der Waals surface area contributed by atoms with Crippen molar-refractivity contribution in [2.24, 2.45) is 0 Å². The van der Waals surface area contributed by atoms with E-state index in [1.807, 2.05) is 0 Å². The molecule has 19 nitrogen and oxygen atoms in total. The Morgan fingerprint density at radius 2 is 0.915 bits per heavy atom. The molecule has 2 heterocycles. The highest BCUT2D eigenvalue weighted by atomic mass is 16.8. The molecule has 19 heteroatoms. The van der Waals surface area contributed by atoms with Gasteiger partial charge in [0, 0.05) is 55.4 Å². The van der Waals surface area contributed by atoms with Gasteiger partial charge in [0.2, 0.25) is 12.1 Å². The first kappa shape index (κ1) is 38.8. The van der Waals surface area contributed by atoms with Crippen LogP contribution >= 0.6 is 0 Å². The molecule has 2 fully saturated rings. The fourth-order valence-corrected chi connectivity index (χ4v) is 4.76. The van der Waals surface area contributed by atoms with E-state index in [1.165, 1.54) is 0 Å². The van der Waals surface area contributed by atoms with E-state index in [4.69, 9.17) is 52.1 Å². The quantitative estimate of drug-likeness (QED) is 0.171. The van der Waals surface area contributed by atoms with Gasteiger partial charge in [-0.1, -0.05) is 0 Å². The minimum Gasteiger partial charge on any atom is -0.463 e. The van der Waals surface area contributed by atoms with Gasteiger partial charge in [0.25, 0.3) is 0 Å². The number of carbonyl (C=O) groups is 8. The molecule has 2 aliphatic rings. The summed E-state index contributed by atoms with van der Waals surface area (Å²) in [4.78, 5) is 96.4. The summed E-state index contributed by atoms with van der Waals surface area (Å²) in [5, 5.41) is 0. The molecule has 264 valence electrons. The molecule has 0 amide bonds. The van der Waals surface area contributed by atoms with Gasteiger partial charge in [-0.2, -0.15) is 0 Å². The van der Waals surface area contributed by atoms with Crippen LogP contribution in [0.15, 0.2) is 0 Å². The summed E-state index contributed by atoms with van der Waals surface area (Å²) in [5.41, 5.74) is 0. The van der Waals surface area contributed by atoms with Crippen LogP contribution in [0, 0.1) is 0 Å². The first-order chi connectivity index (χ1) is 21.8. The van der Waals surface area contributed by atoms with Crippen LogP contribution in [0.25, 0.3) is 0 Å². The first-order valence-electron chi connectivity index (χ1n) is 14.1. The monoisotopic (exact) mass is 678 g/mol. The van der Waals surface area contributed by atoms with Gasteiger partial charge in [-0.25, -0.2) is 0 Å². The summed E-state index contributed by atoms with van der Waals surface area (Å²) in [6, 6.07) is 0. The van der Waals surface area contributed by atoms with E-state index in [2.05, 4.69) is 0 Å². The van der Waals surface area contributed by atoms with Crippen LogP contribution in [-0.2, 0) is 90.5 Å². The molecule has 0 radical (unpaired) electrons. The van der Waals surface area contributed by atoms with Crippen molar-refractivity contribution in [1.29, 1.82) is 0 Å². The normalized spacial score (nSPS) is 29.8. The molecule has 2 rings (SSSR count). The molecule has 2 aliphatic heterocycles. The van der Waals surface area contributed by atoms with Crippen molar-refractivity contribution in [1.82, 2.24) is 0 Å². The van der Waals surface area contributed by atoms with Gasteiger partial charge in [0.05, 0.1) is 0 Å². The average molecular weight is 679 g/mol. The zero-order chi connectivity index (χ0) is 35.6. The Hall–Kier alpha value is -4.36. The van der Waals surface area contributed by atoms with Crippen molar-refractivity contribution < 1.29 is 90.5 Å². The van der Waals surface area contributed by atoms with Crippen LogP contribution in [-0.4, -0.2) is 122 Å². The maximum Gasteiger partial charge on any atom is 0.303 e. The molecule has 0 N–H and O–H groups in total. The topological polar surface area (TPSA) is 238 Å². The van der Waals surface area contributed by atoms with Crippen LogP contribution in [0.5, 0.6) is 0 Å². The van der Waals surface area contributed by atoms with Gasteiger partial charge >= 0.3 is 47.8 Å².